The minimum absolute atomic E-state index is 0.127. The lowest BCUT2D eigenvalue weighted by atomic mass is 10.1. The highest BCUT2D eigenvalue weighted by Gasteiger charge is 2.27. The number of amides is 1. The molecule has 32 heavy (non-hydrogen) atoms. The monoisotopic (exact) mass is 450 g/mol. The second-order valence-electron chi connectivity index (χ2n) is 6.80. The molecule has 0 unspecified atom stereocenters. The van der Waals surface area contributed by atoms with Crippen LogP contribution in [0.3, 0.4) is 0 Å². The summed E-state index contributed by atoms with van der Waals surface area (Å²) < 4.78 is 16.8. The molecule has 0 radical (unpaired) electrons. The molecule has 2 aromatic carbocycles. The average Bonchev–Trinajstić information content (AvgIpc) is 2.85. The first-order valence-corrected chi connectivity index (χ1v) is 10.8. The number of benzene rings is 2. The summed E-state index contributed by atoms with van der Waals surface area (Å²) in [7, 11) is 1.62. The Kier molecular flexibility index (Phi) is 6.76. The topological polar surface area (TPSA) is 94.6 Å². The standard InChI is InChI=1S/C23H22N4O4S/c1-15(26-27-22(28)21-13-30-19-6-3-4-7-20(19)31-21)16-8-9-18(29-2)17(12-16)14-32-23-24-10-5-11-25-23/h3-12,21,26H,1,13-14H2,2H3,(H,27,28)/t21-/m1/s1. The van der Waals surface area contributed by atoms with E-state index in [-0.39, 0.29) is 12.5 Å². The fraction of sp³-hybridized carbons (Fsp3) is 0.174. The SMILES string of the molecule is C=C(NNC(=O)[C@H]1COc2ccccc2O1)c1ccc(OC)c(CSc2ncccn2)c1. The fourth-order valence-electron chi connectivity index (χ4n) is 3.02. The molecular formula is C23H22N4O4S. The minimum Gasteiger partial charge on any atom is -0.496 e. The molecule has 0 bridgehead atoms. The number of rotatable bonds is 8. The number of para-hydroxylation sites is 2. The van der Waals surface area contributed by atoms with Crippen molar-refractivity contribution in [3.63, 3.8) is 0 Å². The van der Waals surface area contributed by atoms with E-state index in [1.165, 1.54) is 11.8 Å². The minimum atomic E-state index is -0.765. The average molecular weight is 451 g/mol. The van der Waals surface area contributed by atoms with Crippen LogP contribution in [0.5, 0.6) is 17.2 Å². The maximum absolute atomic E-state index is 12.5. The molecule has 8 nitrogen and oxygen atoms in total. The van der Waals surface area contributed by atoms with Gasteiger partial charge in [-0.05, 0) is 42.0 Å². The largest absolute Gasteiger partial charge is 0.496 e. The van der Waals surface area contributed by atoms with E-state index in [1.807, 2.05) is 30.3 Å². The Morgan fingerprint density at radius 1 is 1.16 bits per heavy atom. The number of methoxy groups -OCH3 is 1. The van der Waals surface area contributed by atoms with Crippen LogP contribution in [0.15, 0.2) is 72.7 Å². The maximum Gasteiger partial charge on any atom is 0.282 e. The molecule has 2 heterocycles. The van der Waals surface area contributed by atoms with Gasteiger partial charge in [-0.2, -0.15) is 0 Å². The molecule has 4 rings (SSSR count). The summed E-state index contributed by atoms with van der Waals surface area (Å²) in [6.45, 7) is 4.15. The zero-order valence-corrected chi connectivity index (χ0v) is 18.2. The fourth-order valence-corrected chi connectivity index (χ4v) is 3.80. The number of aromatic nitrogens is 2. The Morgan fingerprint density at radius 3 is 2.72 bits per heavy atom. The van der Waals surface area contributed by atoms with E-state index < -0.39 is 6.10 Å². The first-order valence-electron chi connectivity index (χ1n) is 9.84. The van der Waals surface area contributed by atoms with Crippen molar-refractivity contribution in [2.75, 3.05) is 13.7 Å². The summed E-state index contributed by atoms with van der Waals surface area (Å²) in [4.78, 5) is 21.0. The second kappa shape index (κ2) is 10.1. The van der Waals surface area contributed by atoms with E-state index in [4.69, 9.17) is 14.2 Å². The molecule has 164 valence electrons. The van der Waals surface area contributed by atoms with Crippen LogP contribution in [0.1, 0.15) is 11.1 Å². The van der Waals surface area contributed by atoms with Crippen molar-refractivity contribution in [3.05, 3.63) is 78.6 Å². The third-order valence-electron chi connectivity index (χ3n) is 4.67. The molecule has 2 N–H and O–H groups in total. The molecule has 1 aliphatic rings. The van der Waals surface area contributed by atoms with Gasteiger partial charge in [-0.25, -0.2) is 9.97 Å². The number of nitrogens with one attached hydrogen (secondary N) is 2. The number of carbonyl (C=O) groups is 1. The van der Waals surface area contributed by atoms with E-state index in [0.29, 0.717) is 28.1 Å². The van der Waals surface area contributed by atoms with Gasteiger partial charge in [0, 0.05) is 23.7 Å². The van der Waals surface area contributed by atoms with Crippen molar-refractivity contribution in [1.29, 1.82) is 0 Å². The van der Waals surface area contributed by atoms with Gasteiger partial charge in [-0.15, -0.1) is 0 Å². The van der Waals surface area contributed by atoms with E-state index in [2.05, 4.69) is 27.4 Å². The number of hydrogen-bond donors (Lipinski definition) is 2. The van der Waals surface area contributed by atoms with Crippen molar-refractivity contribution in [1.82, 2.24) is 20.8 Å². The second-order valence-corrected chi connectivity index (χ2v) is 7.75. The Balaban J connectivity index is 1.36. The molecule has 1 amide bonds. The Labute approximate surface area is 190 Å². The Bertz CT molecular complexity index is 1110. The highest BCUT2D eigenvalue weighted by molar-refractivity contribution is 7.98. The van der Waals surface area contributed by atoms with Crippen LogP contribution in [-0.2, 0) is 10.5 Å². The van der Waals surface area contributed by atoms with Crippen LogP contribution >= 0.6 is 11.8 Å². The number of hydrogen-bond acceptors (Lipinski definition) is 8. The molecule has 1 aromatic heterocycles. The molecule has 0 aliphatic carbocycles. The van der Waals surface area contributed by atoms with Crippen LogP contribution in [0, 0.1) is 0 Å². The number of ether oxygens (including phenoxy) is 3. The summed E-state index contributed by atoms with van der Waals surface area (Å²) in [5.74, 6) is 2.18. The number of hydrazine groups is 1. The van der Waals surface area contributed by atoms with Crippen molar-refractivity contribution in [3.8, 4) is 17.2 Å². The van der Waals surface area contributed by atoms with Gasteiger partial charge in [0.1, 0.15) is 12.4 Å². The zero-order valence-electron chi connectivity index (χ0n) is 17.4. The van der Waals surface area contributed by atoms with Gasteiger partial charge < -0.3 is 14.2 Å². The van der Waals surface area contributed by atoms with Crippen molar-refractivity contribution >= 4 is 23.4 Å². The molecule has 3 aromatic rings. The summed E-state index contributed by atoms with van der Waals surface area (Å²) >= 11 is 1.50. The van der Waals surface area contributed by atoms with E-state index in [0.717, 1.165) is 16.9 Å². The van der Waals surface area contributed by atoms with Crippen molar-refractivity contribution in [2.45, 2.75) is 17.0 Å². The van der Waals surface area contributed by atoms with Crippen LogP contribution in [0.4, 0.5) is 0 Å². The highest BCUT2D eigenvalue weighted by Crippen LogP contribution is 2.31. The molecule has 1 atom stereocenters. The van der Waals surface area contributed by atoms with Crippen molar-refractivity contribution in [2.24, 2.45) is 0 Å². The summed E-state index contributed by atoms with van der Waals surface area (Å²) in [5.41, 5.74) is 7.79. The molecule has 9 heteroatoms. The van der Waals surface area contributed by atoms with Crippen LogP contribution in [-0.4, -0.2) is 35.7 Å². The number of thioether (sulfide) groups is 1. The quantitative estimate of drug-likeness (QED) is 0.307. The molecule has 0 saturated heterocycles. The zero-order chi connectivity index (χ0) is 22.3. The van der Waals surface area contributed by atoms with Crippen molar-refractivity contribution < 1.29 is 19.0 Å². The highest BCUT2D eigenvalue weighted by atomic mass is 32.2. The van der Waals surface area contributed by atoms with Gasteiger partial charge in [0.05, 0.1) is 12.8 Å². The van der Waals surface area contributed by atoms with E-state index >= 15 is 0 Å². The van der Waals surface area contributed by atoms with Gasteiger partial charge in [-0.3, -0.25) is 15.6 Å². The first-order chi connectivity index (χ1) is 15.6. The van der Waals surface area contributed by atoms with Gasteiger partial charge in [0.2, 0.25) is 6.10 Å². The smallest absolute Gasteiger partial charge is 0.282 e. The Hall–Kier alpha value is -3.72. The molecule has 1 aliphatic heterocycles. The number of carbonyl (C=O) groups excluding carboxylic acids is 1. The van der Waals surface area contributed by atoms with E-state index in [9.17, 15) is 4.79 Å². The lowest BCUT2D eigenvalue weighted by molar-refractivity contribution is -0.131. The lowest BCUT2D eigenvalue weighted by Crippen LogP contribution is -2.48. The van der Waals surface area contributed by atoms with Gasteiger partial charge in [0.15, 0.2) is 16.7 Å². The van der Waals surface area contributed by atoms with E-state index in [1.54, 1.807) is 37.7 Å². The summed E-state index contributed by atoms with van der Waals surface area (Å²) in [5, 5.41) is 0.681. The summed E-state index contributed by atoms with van der Waals surface area (Å²) in [6.07, 6.45) is 2.65. The molecular weight excluding hydrogens is 428 g/mol. The first kappa shape index (κ1) is 21.5. The maximum atomic E-state index is 12.5. The predicted octanol–water partition coefficient (Wildman–Crippen LogP) is 3.21. The third kappa shape index (κ3) is 5.12. The predicted molar refractivity (Wildman–Crippen MR) is 121 cm³/mol. The van der Waals surface area contributed by atoms with Gasteiger partial charge in [-0.1, -0.05) is 30.5 Å². The van der Waals surface area contributed by atoms with Crippen LogP contribution < -0.4 is 25.1 Å². The van der Waals surface area contributed by atoms with Crippen LogP contribution in [0.2, 0.25) is 0 Å². The molecule has 0 fully saturated rings. The van der Waals surface area contributed by atoms with Gasteiger partial charge >= 0.3 is 0 Å². The normalized spacial score (nSPS) is 14.3. The van der Waals surface area contributed by atoms with Gasteiger partial charge in [0.25, 0.3) is 5.91 Å². The Morgan fingerprint density at radius 2 is 1.94 bits per heavy atom. The molecule has 0 spiro atoms. The number of nitrogens with zero attached hydrogens (tertiary/aromatic N) is 2. The summed E-state index contributed by atoms with van der Waals surface area (Å²) in [6, 6.07) is 14.7. The molecule has 0 saturated carbocycles. The lowest BCUT2D eigenvalue weighted by Gasteiger charge is -2.25. The number of fused-ring (bicyclic) bond motifs is 1. The van der Waals surface area contributed by atoms with Crippen LogP contribution in [0.25, 0.3) is 5.70 Å². The third-order valence-corrected chi connectivity index (χ3v) is 5.59.